The molecule has 1 amide bonds. The van der Waals surface area contributed by atoms with E-state index in [0.717, 1.165) is 16.5 Å². The van der Waals surface area contributed by atoms with Crippen molar-refractivity contribution >= 4 is 34.2 Å². The Morgan fingerprint density at radius 3 is 2.58 bits per heavy atom. The third-order valence-corrected chi connectivity index (χ3v) is 4.41. The summed E-state index contributed by atoms with van der Waals surface area (Å²) in [6, 6.07) is 17.2. The van der Waals surface area contributed by atoms with E-state index >= 15 is 0 Å². The fraction of sp³-hybridized carbons (Fsp3) is 0.278. The molecule has 1 unspecified atom stereocenters. The van der Waals surface area contributed by atoms with Crippen LogP contribution in [0.3, 0.4) is 0 Å². The SMILES string of the molecule is Cl.N[C@@H]1CCN(C(=O)C(Oc2cccc(Br)c2)c2ccccc2)C1. The molecule has 4 nitrogen and oxygen atoms in total. The Hall–Kier alpha value is -1.56. The van der Waals surface area contributed by atoms with Gasteiger partial charge in [-0.05, 0) is 24.6 Å². The van der Waals surface area contributed by atoms with Gasteiger partial charge in [-0.25, -0.2) is 0 Å². The Morgan fingerprint density at radius 2 is 1.96 bits per heavy atom. The van der Waals surface area contributed by atoms with Gasteiger partial charge in [-0.15, -0.1) is 12.4 Å². The van der Waals surface area contributed by atoms with Crippen LogP contribution in [0.25, 0.3) is 0 Å². The minimum Gasteiger partial charge on any atom is -0.476 e. The Kier molecular flexibility index (Phi) is 6.66. The number of hydrogen-bond acceptors (Lipinski definition) is 3. The largest absolute Gasteiger partial charge is 0.476 e. The van der Waals surface area contributed by atoms with Gasteiger partial charge >= 0.3 is 0 Å². The van der Waals surface area contributed by atoms with Crippen molar-refractivity contribution in [3.8, 4) is 5.75 Å². The number of nitrogens with two attached hydrogens (primary N) is 1. The van der Waals surface area contributed by atoms with E-state index in [1.54, 1.807) is 4.90 Å². The molecule has 1 saturated heterocycles. The third kappa shape index (κ3) is 4.50. The van der Waals surface area contributed by atoms with E-state index in [4.69, 9.17) is 10.5 Å². The number of likely N-dealkylation sites (tertiary alicyclic amines) is 1. The number of hydrogen-bond donors (Lipinski definition) is 1. The summed E-state index contributed by atoms with van der Waals surface area (Å²) in [5, 5.41) is 0. The molecule has 2 aromatic carbocycles. The van der Waals surface area contributed by atoms with E-state index < -0.39 is 6.10 Å². The number of amides is 1. The predicted molar refractivity (Wildman–Crippen MR) is 100 cm³/mol. The molecule has 0 radical (unpaired) electrons. The second-order valence-electron chi connectivity index (χ2n) is 5.70. The van der Waals surface area contributed by atoms with E-state index in [2.05, 4.69) is 15.9 Å². The van der Waals surface area contributed by atoms with Crippen LogP contribution in [0.4, 0.5) is 0 Å². The van der Waals surface area contributed by atoms with Crippen molar-refractivity contribution in [1.82, 2.24) is 4.90 Å². The number of rotatable bonds is 4. The van der Waals surface area contributed by atoms with Gasteiger partial charge in [0.05, 0.1) is 0 Å². The Bertz CT molecular complexity index is 684. The second kappa shape index (κ2) is 8.51. The molecule has 0 saturated carbocycles. The van der Waals surface area contributed by atoms with Gasteiger partial charge in [0.1, 0.15) is 5.75 Å². The average Bonchev–Trinajstić information content (AvgIpc) is 2.99. The fourth-order valence-electron chi connectivity index (χ4n) is 2.72. The highest BCUT2D eigenvalue weighted by Crippen LogP contribution is 2.27. The van der Waals surface area contributed by atoms with Crippen LogP contribution in [0.15, 0.2) is 59.1 Å². The van der Waals surface area contributed by atoms with E-state index in [-0.39, 0.29) is 24.4 Å². The molecule has 0 aliphatic carbocycles. The number of nitrogens with zero attached hydrogens (tertiary/aromatic N) is 1. The molecule has 2 aromatic rings. The van der Waals surface area contributed by atoms with Gasteiger partial charge in [-0.2, -0.15) is 0 Å². The fourth-order valence-corrected chi connectivity index (χ4v) is 3.10. The molecule has 2 atom stereocenters. The number of halogens is 2. The summed E-state index contributed by atoms with van der Waals surface area (Å²) in [4.78, 5) is 14.7. The van der Waals surface area contributed by atoms with Gasteiger partial charge < -0.3 is 15.4 Å². The van der Waals surface area contributed by atoms with Crippen LogP contribution < -0.4 is 10.5 Å². The second-order valence-corrected chi connectivity index (χ2v) is 6.61. The van der Waals surface area contributed by atoms with E-state index in [1.165, 1.54) is 0 Å². The van der Waals surface area contributed by atoms with Crippen LogP contribution in [-0.4, -0.2) is 29.9 Å². The summed E-state index contributed by atoms with van der Waals surface area (Å²) < 4.78 is 6.94. The lowest BCUT2D eigenvalue weighted by atomic mass is 10.1. The summed E-state index contributed by atoms with van der Waals surface area (Å²) in [7, 11) is 0. The predicted octanol–water partition coefficient (Wildman–Crippen LogP) is 3.55. The molecular formula is C18H20BrClN2O2. The Labute approximate surface area is 156 Å². The molecule has 1 aliphatic rings. The zero-order valence-electron chi connectivity index (χ0n) is 13.1. The number of carbonyl (C=O) groups is 1. The first-order chi connectivity index (χ1) is 11.1. The molecule has 3 rings (SSSR count). The van der Waals surface area contributed by atoms with Crippen molar-refractivity contribution in [2.45, 2.75) is 18.6 Å². The molecule has 0 spiro atoms. The topological polar surface area (TPSA) is 55.6 Å². The maximum Gasteiger partial charge on any atom is 0.268 e. The van der Waals surface area contributed by atoms with Crippen molar-refractivity contribution in [3.05, 3.63) is 64.6 Å². The van der Waals surface area contributed by atoms with Crippen LogP contribution in [-0.2, 0) is 4.79 Å². The number of ether oxygens (including phenoxy) is 1. The standard InChI is InChI=1S/C18H19BrN2O2.ClH/c19-14-7-4-8-16(11-14)23-17(13-5-2-1-3-6-13)18(22)21-10-9-15(20)12-21;/h1-8,11,15,17H,9-10,12,20H2;1H/t15-,17?;/m1./s1. The highest BCUT2D eigenvalue weighted by Gasteiger charge is 2.31. The summed E-state index contributed by atoms with van der Waals surface area (Å²) >= 11 is 3.43. The van der Waals surface area contributed by atoms with Gasteiger partial charge in [-0.1, -0.05) is 52.3 Å². The molecule has 128 valence electrons. The van der Waals surface area contributed by atoms with Crippen molar-refractivity contribution in [2.75, 3.05) is 13.1 Å². The molecule has 0 bridgehead atoms. The lowest BCUT2D eigenvalue weighted by Crippen LogP contribution is -2.37. The highest BCUT2D eigenvalue weighted by molar-refractivity contribution is 9.10. The maximum absolute atomic E-state index is 12.9. The van der Waals surface area contributed by atoms with Crippen molar-refractivity contribution in [1.29, 1.82) is 0 Å². The molecule has 1 heterocycles. The molecule has 1 fully saturated rings. The van der Waals surface area contributed by atoms with Crippen molar-refractivity contribution in [2.24, 2.45) is 5.73 Å². The van der Waals surface area contributed by atoms with Gasteiger partial charge in [0.2, 0.25) is 6.10 Å². The van der Waals surface area contributed by atoms with E-state index in [1.807, 2.05) is 54.6 Å². The third-order valence-electron chi connectivity index (χ3n) is 3.91. The molecular weight excluding hydrogens is 392 g/mol. The van der Waals surface area contributed by atoms with Crippen LogP contribution in [0.1, 0.15) is 18.1 Å². The van der Waals surface area contributed by atoms with E-state index in [9.17, 15) is 4.79 Å². The van der Waals surface area contributed by atoms with Gasteiger partial charge in [-0.3, -0.25) is 4.79 Å². The molecule has 6 heteroatoms. The molecule has 24 heavy (non-hydrogen) atoms. The molecule has 1 aliphatic heterocycles. The first kappa shape index (κ1) is 18.8. The smallest absolute Gasteiger partial charge is 0.268 e. The minimum absolute atomic E-state index is 0. The lowest BCUT2D eigenvalue weighted by Gasteiger charge is -2.24. The zero-order chi connectivity index (χ0) is 16.2. The van der Waals surface area contributed by atoms with Gasteiger partial charge in [0, 0.05) is 29.2 Å². The van der Waals surface area contributed by atoms with E-state index in [0.29, 0.717) is 18.8 Å². The Morgan fingerprint density at radius 1 is 1.21 bits per heavy atom. The quantitative estimate of drug-likeness (QED) is 0.837. The number of carbonyl (C=O) groups excluding carboxylic acids is 1. The number of benzene rings is 2. The van der Waals surface area contributed by atoms with Gasteiger partial charge in [0.25, 0.3) is 5.91 Å². The summed E-state index contributed by atoms with van der Waals surface area (Å²) in [6.45, 7) is 1.27. The zero-order valence-corrected chi connectivity index (χ0v) is 15.5. The van der Waals surface area contributed by atoms with Crippen LogP contribution >= 0.6 is 28.3 Å². The first-order valence-corrected chi connectivity index (χ1v) is 8.44. The molecule has 2 N–H and O–H groups in total. The van der Waals surface area contributed by atoms with Crippen molar-refractivity contribution in [3.63, 3.8) is 0 Å². The lowest BCUT2D eigenvalue weighted by molar-refractivity contribution is -0.138. The monoisotopic (exact) mass is 410 g/mol. The molecule has 0 aromatic heterocycles. The summed E-state index contributed by atoms with van der Waals surface area (Å²) in [5.41, 5.74) is 6.78. The summed E-state index contributed by atoms with van der Waals surface area (Å²) in [5.74, 6) is 0.620. The highest BCUT2D eigenvalue weighted by atomic mass is 79.9. The minimum atomic E-state index is -0.657. The Balaban J connectivity index is 0.00000208. The summed E-state index contributed by atoms with van der Waals surface area (Å²) in [6.07, 6.45) is 0.181. The normalized spacial score (nSPS) is 17.9. The first-order valence-electron chi connectivity index (χ1n) is 7.65. The average molecular weight is 412 g/mol. The maximum atomic E-state index is 12.9. The van der Waals surface area contributed by atoms with Crippen molar-refractivity contribution < 1.29 is 9.53 Å². The van der Waals surface area contributed by atoms with Gasteiger partial charge in [0.15, 0.2) is 0 Å². The van der Waals surface area contributed by atoms with Crippen LogP contribution in [0.2, 0.25) is 0 Å². The van der Waals surface area contributed by atoms with Crippen LogP contribution in [0, 0.1) is 0 Å². The van der Waals surface area contributed by atoms with Crippen LogP contribution in [0.5, 0.6) is 5.75 Å².